The zero-order valence-corrected chi connectivity index (χ0v) is 13.2. The van der Waals surface area contributed by atoms with Crippen molar-refractivity contribution in [3.05, 3.63) is 24.4 Å². The molecular formula is C11H12IN3S2. The molecule has 1 aliphatic carbocycles. The van der Waals surface area contributed by atoms with E-state index in [9.17, 15) is 0 Å². The highest BCUT2D eigenvalue weighted by atomic mass is 127. The zero-order valence-electron chi connectivity index (χ0n) is 9.36. The number of nitrogens with zero attached hydrogens (tertiary/aromatic N) is 2. The highest BCUT2D eigenvalue weighted by Gasteiger charge is 2.23. The molecule has 1 N–H and O–H groups in total. The minimum atomic E-state index is 0.422. The Labute approximate surface area is 122 Å². The second-order valence-corrected chi connectivity index (χ2v) is 8.36. The lowest BCUT2D eigenvalue weighted by Gasteiger charge is -2.22. The van der Waals surface area contributed by atoms with E-state index in [1.807, 2.05) is 18.3 Å². The normalized spacial score (nSPS) is 19.1. The van der Waals surface area contributed by atoms with E-state index in [-0.39, 0.29) is 0 Å². The molecule has 0 bridgehead atoms. The first-order valence-electron chi connectivity index (χ1n) is 5.57. The maximum absolute atomic E-state index is 4.15. The van der Waals surface area contributed by atoms with Gasteiger partial charge in [0.2, 0.25) is 5.13 Å². The number of nitrogens with one attached hydrogen (secondary N) is 1. The molecule has 3 nitrogen and oxygen atoms in total. The summed E-state index contributed by atoms with van der Waals surface area (Å²) in [4.78, 5) is 1.54. The van der Waals surface area contributed by atoms with Crippen molar-refractivity contribution in [3.63, 3.8) is 0 Å². The number of aromatic nitrogens is 2. The van der Waals surface area contributed by atoms with Crippen LogP contribution in [0.25, 0.3) is 0 Å². The summed E-state index contributed by atoms with van der Waals surface area (Å²) in [7, 11) is 0. The van der Waals surface area contributed by atoms with Gasteiger partial charge in [-0.25, -0.2) is 0 Å². The lowest BCUT2D eigenvalue weighted by Crippen LogP contribution is -2.15. The molecule has 3 rings (SSSR count). The number of hydrogen-bond donors (Lipinski definition) is 1. The minimum absolute atomic E-state index is 0.422. The van der Waals surface area contributed by atoms with Crippen molar-refractivity contribution in [1.82, 2.24) is 10.2 Å². The molecular weight excluding hydrogens is 365 g/mol. The summed E-state index contributed by atoms with van der Waals surface area (Å²) < 4.78 is 1.38. The molecule has 1 unspecified atom stereocenters. The van der Waals surface area contributed by atoms with Gasteiger partial charge in [0.25, 0.3) is 0 Å². The fourth-order valence-electron chi connectivity index (χ4n) is 2.18. The molecule has 0 aromatic carbocycles. The molecule has 1 aliphatic rings. The van der Waals surface area contributed by atoms with E-state index in [4.69, 9.17) is 0 Å². The maximum Gasteiger partial charge on any atom is 0.206 e. The highest BCUT2D eigenvalue weighted by Crippen LogP contribution is 2.38. The van der Waals surface area contributed by atoms with Crippen molar-refractivity contribution < 1.29 is 0 Å². The van der Waals surface area contributed by atoms with Crippen molar-refractivity contribution in [2.45, 2.75) is 32.2 Å². The molecule has 0 saturated heterocycles. The summed E-state index contributed by atoms with van der Waals surface area (Å²) in [5.74, 6) is 0. The van der Waals surface area contributed by atoms with Crippen molar-refractivity contribution >= 4 is 50.4 Å². The van der Waals surface area contributed by atoms with E-state index in [1.165, 1.54) is 27.7 Å². The summed E-state index contributed by atoms with van der Waals surface area (Å²) in [5, 5.41) is 13.7. The highest BCUT2D eigenvalue weighted by molar-refractivity contribution is 14.1. The first-order valence-corrected chi connectivity index (χ1v) is 8.28. The van der Waals surface area contributed by atoms with Gasteiger partial charge in [-0.1, -0.05) is 11.3 Å². The Bertz CT molecular complexity index is 535. The molecule has 6 heteroatoms. The Hall–Kier alpha value is -0.210. The minimum Gasteiger partial charge on any atom is -0.353 e. The van der Waals surface area contributed by atoms with E-state index < -0.39 is 0 Å². The predicted octanol–water partition coefficient (Wildman–Crippen LogP) is 4.00. The fourth-order valence-corrected chi connectivity index (χ4v) is 4.94. The lowest BCUT2D eigenvalue weighted by molar-refractivity contribution is 0.607. The lowest BCUT2D eigenvalue weighted by atomic mass is 9.94. The van der Waals surface area contributed by atoms with Gasteiger partial charge in [-0.3, -0.25) is 0 Å². The van der Waals surface area contributed by atoms with Crippen molar-refractivity contribution in [2.75, 3.05) is 5.32 Å². The Morgan fingerprint density at radius 1 is 1.41 bits per heavy atom. The van der Waals surface area contributed by atoms with Crippen LogP contribution in [0.3, 0.4) is 0 Å². The van der Waals surface area contributed by atoms with Crippen LogP contribution in [0, 0.1) is 9.81 Å². The van der Waals surface area contributed by atoms with Gasteiger partial charge in [0.1, 0.15) is 5.01 Å². The smallest absolute Gasteiger partial charge is 0.206 e. The van der Waals surface area contributed by atoms with Crippen molar-refractivity contribution in [2.24, 2.45) is 0 Å². The van der Waals surface area contributed by atoms with Gasteiger partial charge in [0, 0.05) is 4.88 Å². The standard InChI is InChI=1S/C11H12IN3S2/c1-6-14-15-11(16-6)13-8-3-2-4-9-7(8)5-10(12)17-9/h5,8H,2-4H2,1H3,(H,13,15). The van der Waals surface area contributed by atoms with E-state index in [0.717, 1.165) is 10.1 Å². The number of halogens is 1. The van der Waals surface area contributed by atoms with Gasteiger partial charge < -0.3 is 5.32 Å². The third-order valence-electron chi connectivity index (χ3n) is 2.91. The average Bonchev–Trinajstić information content (AvgIpc) is 2.84. The molecule has 0 saturated carbocycles. The number of rotatable bonds is 2. The van der Waals surface area contributed by atoms with Crippen LogP contribution in [0.4, 0.5) is 5.13 Å². The number of thiophene rings is 1. The Kier molecular flexibility index (Phi) is 3.36. The topological polar surface area (TPSA) is 37.8 Å². The summed E-state index contributed by atoms with van der Waals surface area (Å²) in [5.41, 5.74) is 1.47. The molecule has 0 radical (unpaired) electrons. The second-order valence-electron chi connectivity index (χ2n) is 4.14. The van der Waals surface area contributed by atoms with E-state index in [2.05, 4.69) is 44.2 Å². The molecule has 0 spiro atoms. The predicted molar refractivity (Wildman–Crippen MR) is 81.0 cm³/mol. The van der Waals surface area contributed by atoms with Crippen molar-refractivity contribution in [1.29, 1.82) is 0 Å². The summed E-state index contributed by atoms with van der Waals surface area (Å²) >= 11 is 5.97. The molecule has 2 aromatic heterocycles. The van der Waals surface area contributed by atoms with Crippen LogP contribution in [-0.4, -0.2) is 10.2 Å². The van der Waals surface area contributed by atoms with Crippen molar-refractivity contribution in [3.8, 4) is 0 Å². The van der Waals surface area contributed by atoms with Crippen LogP contribution < -0.4 is 5.32 Å². The first-order chi connectivity index (χ1) is 8.22. The summed E-state index contributed by atoms with van der Waals surface area (Å²) in [6.45, 7) is 1.99. The second kappa shape index (κ2) is 4.81. The van der Waals surface area contributed by atoms with Crippen LogP contribution in [0.5, 0.6) is 0 Å². The van der Waals surface area contributed by atoms with E-state index in [0.29, 0.717) is 6.04 Å². The van der Waals surface area contributed by atoms with Crippen LogP contribution in [-0.2, 0) is 6.42 Å². The largest absolute Gasteiger partial charge is 0.353 e. The Morgan fingerprint density at radius 3 is 3.06 bits per heavy atom. The van der Waals surface area contributed by atoms with Gasteiger partial charge in [0.15, 0.2) is 0 Å². The number of anilines is 1. The Morgan fingerprint density at radius 2 is 2.29 bits per heavy atom. The SMILES string of the molecule is Cc1nnc(NC2CCCc3sc(I)cc32)s1. The van der Waals surface area contributed by atoms with Crippen LogP contribution in [0.2, 0.25) is 0 Å². The average molecular weight is 377 g/mol. The van der Waals surface area contributed by atoms with Crippen LogP contribution in [0.1, 0.15) is 34.3 Å². The van der Waals surface area contributed by atoms with Crippen LogP contribution >= 0.6 is 45.3 Å². The summed E-state index contributed by atoms with van der Waals surface area (Å²) in [6, 6.07) is 2.73. The number of hydrogen-bond acceptors (Lipinski definition) is 5. The van der Waals surface area contributed by atoms with Gasteiger partial charge in [-0.15, -0.1) is 21.5 Å². The van der Waals surface area contributed by atoms with Gasteiger partial charge >= 0.3 is 0 Å². The number of fused-ring (bicyclic) bond motifs is 1. The van der Waals surface area contributed by atoms with Gasteiger partial charge in [-0.05, 0) is 60.4 Å². The quantitative estimate of drug-likeness (QED) is 0.804. The molecule has 0 fully saturated rings. The molecule has 2 heterocycles. The third-order valence-corrected chi connectivity index (χ3v) is 5.65. The first kappa shape index (κ1) is 11.9. The fraction of sp³-hybridized carbons (Fsp3) is 0.455. The molecule has 0 amide bonds. The Balaban J connectivity index is 1.85. The van der Waals surface area contributed by atoms with Gasteiger partial charge in [-0.2, -0.15) is 0 Å². The number of aryl methyl sites for hydroxylation is 2. The summed E-state index contributed by atoms with van der Waals surface area (Å²) in [6.07, 6.45) is 3.69. The molecule has 1 atom stereocenters. The maximum atomic E-state index is 4.15. The van der Waals surface area contributed by atoms with E-state index >= 15 is 0 Å². The zero-order chi connectivity index (χ0) is 11.8. The third kappa shape index (κ3) is 2.48. The van der Waals surface area contributed by atoms with E-state index in [1.54, 1.807) is 16.2 Å². The molecule has 17 heavy (non-hydrogen) atoms. The monoisotopic (exact) mass is 377 g/mol. The molecule has 90 valence electrons. The molecule has 2 aromatic rings. The van der Waals surface area contributed by atoms with Crippen LogP contribution in [0.15, 0.2) is 6.07 Å². The molecule has 0 aliphatic heterocycles. The van der Waals surface area contributed by atoms with Gasteiger partial charge in [0.05, 0.1) is 8.93 Å².